The summed E-state index contributed by atoms with van der Waals surface area (Å²) in [5.41, 5.74) is 2.69. The normalized spacial score (nSPS) is 14.8. The van der Waals surface area contributed by atoms with Gasteiger partial charge < -0.3 is 13.8 Å². The zero-order chi connectivity index (χ0) is 23.9. The molecule has 0 N–H and O–H groups in total. The molecular formula is C24H27O7PS. The molecule has 33 heavy (non-hydrogen) atoms. The van der Waals surface area contributed by atoms with Gasteiger partial charge in [0.2, 0.25) is 0 Å². The summed E-state index contributed by atoms with van der Waals surface area (Å²) >= 11 is 0. The molecule has 0 atom stereocenters. The maximum absolute atomic E-state index is 12.7. The van der Waals surface area contributed by atoms with E-state index in [2.05, 4.69) is 0 Å². The summed E-state index contributed by atoms with van der Waals surface area (Å²) in [6.07, 6.45) is 2.97. The third kappa shape index (κ3) is 6.30. The van der Waals surface area contributed by atoms with Crippen molar-refractivity contribution in [3.05, 3.63) is 77.9 Å². The lowest BCUT2D eigenvalue weighted by molar-refractivity contribution is -0.133. The summed E-state index contributed by atoms with van der Waals surface area (Å²) in [5.74, 6) is -0.640. The maximum Gasteiger partial charge on any atom is 0.339 e. The fraction of sp³-hybridized carbons (Fsp3) is 0.292. The lowest BCUT2D eigenvalue weighted by Crippen LogP contribution is -2.05. The number of benzene rings is 2. The lowest BCUT2D eigenvalue weighted by atomic mass is 9.97. The van der Waals surface area contributed by atoms with Gasteiger partial charge in [-0.1, -0.05) is 54.6 Å². The first-order valence-electron chi connectivity index (χ1n) is 10.6. The zero-order valence-corrected chi connectivity index (χ0v) is 20.3. The van der Waals surface area contributed by atoms with Crippen LogP contribution < -0.4 is 0 Å². The van der Waals surface area contributed by atoms with Gasteiger partial charge in [0, 0.05) is 5.57 Å². The first-order valence-corrected chi connectivity index (χ1v) is 14.0. The summed E-state index contributed by atoms with van der Waals surface area (Å²) in [6.45, 7) is 4.06. The second-order valence-corrected chi connectivity index (χ2v) is 11.3. The Kier molecular flexibility index (Phi) is 8.43. The Morgan fingerprint density at radius 1 is 0.939 bits per heavy atom. The Morgan fingerprint density at radius 3 is 2.18 bits per heavy atom. The molecule has 1 aliphatic heterocycles. The number of ether oxygens (including phenoxy) is 1. The van der Waals surface area contributed by atoms with E-state index in [-0.39, 0.29) is 36.6 Å². The van der Waals surface area contributed by atoms with E-state index in [0.29, 0.717) is 5.57 Å². The largest absolute Gasteiger partial charge is 0.457 e. The number of cyclic esters (lactones) is 1. The Labute approximate surface area is 194 Å². The van der Waals surface area contributed by atoms with Crippen LogP contribution in [0.1, 0.15) is 25.0 Å². The molecule has 1 heterocycles. The molecule has 176 valence electrons. The molecule has 0 aromatic heterocycles. The van der Waals surface area contributed by atoms with Gasteiger partial charge in [0.05, 0.1) is 35.6 Å². The molecule has 1 aliphatic rings. The monoisotopic (exact) mass is 490 g/mol. The Morgan fingerprint density at radius 2 is 1.58 bits per heavy atom. The van der Waals surface area contributed by atoms with Gasteiger partial charge in [-0.25, -0.2) is 13.2 Å². The SMILES string of the molecule is CCOP(=O)(CC=CCS(=O)(=O)c1ccc(C2=C(c3ccccc3)C(=O)OC2)cc1)OCC. The molecule has 0 unspecified atom stereocenters. The topological polar surface area (TPSA) is 96.0 Å². The molecule has 0 bridgehead atoms. The second kappa shape index (κ2) is 11.1. The van der Waals surface area contributed by atoms with Crippen molar-refractivity contribution >= 4 is 34.5 Å². The predicted octanol–water partition coefficient (Wildman–Crippen LogP) is 4.75. The molecule has 7 nitrogen and oxygen atoms in total. The van der Waals surface area contributed by atoms with Gasteiger partial charge in [-0.15, -0.1) is 0 Å². The molecule has 0 amide bonds. The van der Waals surface area contributed by atoms with E-state index in [1.54, 1.807) is 26.0 Å². The quantitative estimate of drug-likeness (QED) is 0.255. The van der Waals surface area contributed by atoms with Crippen molar-refractivity contribution in [1.82, 2.24) is 0 Å². The highest BCUT2D eigenvalue weighted by molar-refractivity contribution is 7.91. The van der Waals surface area contributed by atoms with Crippen molar-refractivity contribution in [2.75, 3.05) is 31.7 Å². The van der Waals surface area contributed by atoms with E-state index in [4.69, 9.17) is 13.8 Å². The Hall–Kier alpha value is -2.51. The average Bonchev–Trinajstić information content (AvgIpc) is 3.19. The van der Waals surface area contributed by atoms with Gasteiger partial charge in [0.1, 0.15) is 6.61 Å². The van der Waals surface area contributed by atoms with Gasteiger partial charge in [0.25, 0.3) is 0 Å². The van der Waals surface area contributed by atoms with E-state index in [0.717, 1.165) is 16.7 Å². The van der Waals surface area contributed by atoms with Crippen molar-refractivity contribution in [1.29, 1.82) is 0 Å². The van der Waals surface area contributed by atoms with E-state index < -0.39 is 23.4 Å². The van der Waals surface area contributed by atoms with Crippen LogP contribution in [0.2, 0.25) is 0 Å². The molecule has 0 saturated carbocycles. The maximum atomic E-state index is 12.7. The van der Waals surface area contributed by atoms with E-state index in [1.807, 2.05) is 30.3 Å². The van der Waals surface area contributed by atoms with Crippen LogP contribution in [-0.4, -0.2) is 46.1 Å². The number of hydrogen-bond acceptors (Lipinski definition) is 7. The van der Waals surface area contributed by atoms with Crippen LogP contribution >= 0.6 is 7.60 Å². The van der Waals surface area contributed by atoms with Gasteiger partial charge >= 0.3 is 13.6 Å². The molecule has 3 rings (SSSR count). The van der Waals surface area contributed by atoms with Gasteiger partial charge in [0.15, 0.2) is 9.84 Å². The van der Waals surface area contributed by atoms with E-state index >= 15 is 0 Å². The number of carbonyl (C=O) groups excluding carboxylic acids is 1. The molecule has 0 fully saturated rings. The smallest absolute Gasteiger partial charge is 0.339 e. The summed E-state index contributed by atoms with van der Waals surface area (Å²) in [6, 6.07) is 15.6. The summed E-state index contributed by atoms with van der Waals surface area (Å²) < 4.78 is 53.5. The average molecular weight is 491 g/mol. The number of esters is 1. The van der Waals surface area contributed by atoms with Crippen LogP contribution in [0.3, 0.4) is 0 Å². The Balaban J connectivity index is 1.74. The summed E-state index contributed by atoms with van der Waals surface area (Å²) in [7, 11) is -6.85. The highest BCUT2D eigenvalue weighted by Gasteiger charge is 2.27. The van der Waals surface area contributed by atoms with Crippen molar-refractivity contribution in [2.24, 2.45) is 0 Å². The van der Waals surface area contributed by atoms with Crippen molar-refractivity contribution < 1.29 is 31.6 Å². The second-order valence-electron chi connectivity index (χ2n) is 7.20. The highest BCUT2D eigenvalue weighted by atomic mass is 32.2. The fourth-order valence-corrected chi connectivity index (χ4v) is 6.04. The lowest BCUT2D eigenvalue weighted by Gasteiger charge is -2.14. The number of sulfone groups is 1. The minimum Gasteiger partial charge on any atom is -0.457 e. The molecule has 2 aromatic rings. The molecule has 0 radical (unpaired) electrons. The van der Waals surface area contributed by atoms with Crippen LogP contribution in [0.4, 0.5) is 0 Å². The number of rotatable bonds is 11. The van der Waals surface area contributed by atoms with Crippen LogP contribution in [0, 0.1) is 0 Å². The molecule has 0 spiro atoms. The third-order valence-corrected chi connectivity index (χ3v) is 8.52. The third-order valence-electron chi connectivity index (χ3n) is 4.94. The van der Waals surface area contributed by atoms with Crippen LogP contribution in [0.15, 0.2) is 71.6 Å². The first-order chi connectivity index (χ1) is 15.8. The predicted molar refractivity (Wildman–Crippen MR) is 128 cm³/mol. The Bertz CT molecular complexity index is 1170. The van der Waals surface area contributed by atoms with Crippen LogP contribution in [-0.2, 0) is 33.0 Å². The number of carbonyl (C=O) groups is 1. The summed E-state index contributed by atoms with van der Waals surface area (Å²) in [5, 5.41) is 0. The molecule has 0 aliphatic carbocycles. The van der Waals surface area contributed by atoms with E-state index in [1.165, 1.54) is 24.3 Å². The minimum absolute atomic E-state index is 0.00752. The molecule has 0 saturated heterocycles. The number of allylic oxidation sites excluding steroid dienone is 1. The molecule has 2 aromatic carbocycles. The fourth-order valence-electron chi connectivity index (χ4n) is 3.42. The van der Waals surface area contributed by atoms with Gasteiger partial charge in [-0.3, -0.25) is 4.57 Å². The first kappa shape index (κ1) is 25.1. The summed E-state index contributed by atoms with van der Waals surface area (Å²) in [4.78, 5) is 12.4. The zero-order valence-electron chi connectivity index (χ0n) is 18.6. The minimum atomic E-state index is -3.59. The van der Waals surface area contributed by atoms with Gasteiger partial charge in [-0.05, 0) is 37.1 Å². The number of hydrogen-bond donors (Lipinski definition) is 0. The highest BCUT2D eigenvalue weighted by Crippen LogP contribution is 2.47. The molecule has 9 heteroatoms. The van der Waals surface area contributed by atoms with Gasteiger partial charge in [-0.2, -0.15) is 0 Å². The van der Waals surface area contributed by atoms with Crippen LogP contribution in [0.25, 0.3) is 11.1 Å². The van der Waals surface area contributed by atoms with E-state index in [9.17, 15) is 17.8 Å². The van der Waals surface area contributed by atoms with Crippen molar-refractivity contribution in [3.63, 3.8) is 0 Å². The van der Waals surface area contributed by atoms with Crippen molar-refractivity contribution in [2.45, 2.75) is 18.7 Å². The van der Waals surface area contributed by atoms with Crippen molar-refractivity contribution in [3.8, 4) is 0 Å². The molecular weight excluding hydrogens is 463 g/mol. The standard InChI is InChI=1S/C24H27O7PS/c1-3-30-32(26,31-4-2)16-8-9-17-33(27,28)21-14-12-19(13-15-21)22-18-29-24(25)23(22)20-10-6-5-7-11-20/h5-15H,3-4,16-18H2,1-2H3. The van der Waals surface area contributed by atoms with Crippen LogP contribution in [0.5, 0.6) is 0 Å².